The van der Waals surface area contributed by atoms with Crippen LogP contribution in [0.1, 0.15) is 24.0 Å². The summed E-state index contributed by atoms with van der Waals surface area (Å²) in [5.74, 6) is 0.978. The second-order valence-electron chi connectivity index (χ2n) is 5.74. The third-order valence-corrected chi connectivity index (χ3v) is 5.84. The van der Waals surface area contributed by atoms with E-state index in [9.17, 15) is 4.79 Å². The van der Waals surface area contributed by atoms with Crippen LogP contribution in [-0.2, 0) is 4.79 Å². The lowest BCUT2D eigenvalue weighted by Gasteiger charge is -2.02. The number of fused-ring (bicyclic) bond motifs is 1. The van der Waals surface area contributed by atoms with E-state index in [2.05, 4.69) is 48.4 Å². The molecule has 0 radical (unpaired) electrons. The van der Waals surface area contributed by atoms with Gasteiger partial charge in [0.05, 0.1) is 10.2 Å². The van der Waals surface area contributed by atoms with Gasteiger partial charge in [0, 0.05) is 11.3 Å². The number of carbonyl (C=O) groups is 1. The number of aromatic nitrogens is 1. The molecule has 3 rings (SSSR count). The Hall–Kier alpha value is -1.85. The minimum atomic E-state index is 0.0381. The van der Waals surface area contributed by atoms with Crippen LogP contribution in [0.2, 0.25) is 0 Å². The van der Waals surface area contributed by atoms with Crippen LogP contribution in [0.15, 0.2) is 47.4 Å². The van der Waals surface area contributed by atoms with Gasteiger partial charge in [0.25, 0.3) is 0 Å². The normalized spacial score (nSPS) is 10.9. The Morgan fingerprint density at radius 2 is 1.92 bits per heavy atom. The number of amides is 1. The zero-order valence-electron chi connectivity index (χ0n) is 13.8. The monoisotopic (exact) mass is 356 g/mol. The number of hydrogen-bond donors (Lipinski definition) is 1. The second-order valence-corrected chi connectivity index (χ2v) is 7.94. The lowest BCUT2D eigenvalue weighted by atomic mass is 10.1. The highest BCUT2D eigenvalue weighted by molar-refractivity contribution is 7.99. The lowest BCUT2D eigenvalue weighted by molar-refractivity contribution is -0.116. The van der Waals surface area contributed by atoms with Crippen LogP contribution in [0.4, 0.5) is 5.13 Å². The summed E-state index contributed by atoms with van der Waals surface area (Å²) in [6.45, 7) is 4.17. The van der Waals surface area contributed by atoms with Crippen molar-refractivity contribution in [2.45, 2.75) is 31.6 Å². The lowest BCUT2D eigenvalue weighted by Crippen LogP contribution is -2.11. The van der Waals surface area contributed by atoms with Crippen molar-refractivity contribution in [2.24, 2.45) is 0 Å². The van der Waals surface area contributed by atoms with Crippen LogP contribution >= 0.6 is 23.1 Å². The molecule has 1 aromatic heterocycles. The number of nitrogens with zero attached hydrogens (tertiary/aromatic N) is 1. The number of anilines is 1. The Balaban J connectivity index is 1.50. The molecule has 0 bridgehead atoms. The molecular formula is C19H20N2OS2. The van der Waals surface area contributed by atoms with Crippen molar-refractivity contribution in [2.75, 3.05) is 11.1 Å². The van der Waals surface area contributed by atoms with Gasteiger partial charge >= 0.3 is 0 Å². The van der Waals surface area contributed by atoms with Crippen molar-refractivity contribution in [1.82, 2.24) is 4.98 Å². The van der Waals surface area contributed by atoms with Crippen molar-refractivity contribution in [3.05, 3.63) is 53.6 Å². The minimum absolute atomic E-state index is 0.0381. The summed E-state index contributed by atoms with van der Waals surface area (Å²) in [4.78, 5) is 17.8. The van der Waals surface area contributed by atoms with Gasteiger partial charge in [-0.2, -0.15) is 0 Å². The maximum atomic E-state index is 12.1. The third kappa shape index (κ3) is 4.36. The van der Waals surface area contributed by atoms with Crippen LogP contribution in [0, 0.1) is 13.8 Å². The quantitative estimate of drug-likeness (QED) is 0.473. The number of rotatable bonds is 6. The first-order valence-corrected chi connectivity index (χ1v) is 9.77. The number of hydrogen-bond acceptors (Lipinski definition) is 4. The first-order valence-electron chi connectivity index (χ1n) is 7.97. The molecule has 2 aromatic carbocycles. The van der Waals surface area contributed by atoms with E-state index in [4.69, 9.17) is 0 Å². The fourth-order valence-corrected chi connectivity index (χ4v) is 4.19. The van der Waals surface area contributed by atoms with Crippen LogP contribution in [0.5, 0.6) is 0 Å². The summed E-state index contributed by atoms with van der Waals surface area (Å²) in [6, 6.07) is 14.5. The Kier molecular flexibility index (Phi) is 5.53. The number of thioether (sulfide) groups is 1. The van der Waals surface area contributed by atoms with Crippen LogP contribution in [0.3, 0.4) is 0 Å². The zero-order chi connectivity index (χ0) is 16.9. The highest BCUT2D eigenvalue weighted by atomic mass is 32.2. The van der Waals surface area contributed by atoms with E-state index in [0.717, 1.165) is 22.4 Å². The number of nitrogens with one attached hydrogen (secondary N) is 1. The van der Waals surface area contributed by atoms with Crippen molar-refractivity contribution in [3.8, 4) is 0 Å². The van der Waals surface area contributed by atoms with Crippen molar-refractivity contribution in [3.63, 3.8) is 0 Å². The molecule has 0 aliphatic carbocycles. The molecule has 3 aromatic rings. The first kappa shape index (κ1) is 17.0. The van der Waals surface area contributed by atoms with Crippen molar-refractivity contribution in [1.29, 1.82) is 0 Å². The molecule has 0 saturated carbocycles. The van der Waals surface area contributed by atoms with Gasteiger partial charge in [-0.25, -0.2) is 4.98 Å². The molecule has 124 valence electrons. The minimum Gasteiger partial charge on any atom is -0.302 e. The second kappa shape index (κ2) is 7.81. The molecule has 1 N–H and O–H groups in total. The topological polar surface area (TPSA) is 42.0 Å². The number of benzene rings is 2. The molecule has 0 atom stereocenters. The van der Waals surface area contributed by atoms with E-state index < -0.39 is 0 Å². The third-order valence-electron chi connectivity index (χ3n) is 3.81. The fraction of sp³-hybridized carbons (Fsp3) is 0.263. The molecule has 0 spiro atoms. The van der Waals surface area contributed by atoms with Gasteiger partial charge in [-0.3, -0.25) is 4.79 Å². The first-order chi connectivity index (χ1) is 11.6. The molecular weight excluding hydrogens is 336 g/mol. The standard InChI is InChI=1S/C19H20N2OS2/c1-13-11-16-17(12-14(13)2)24-19(20-16)21-18(22)9-6-10-23-15-7-4-3-5-8-15/h3-5,7-8,11-12H,6,9-10H2,1-2H3,(H,20,21,22). The summed E-state index contributed by atoms with van der Waals surface area (Å²) in [6.07, 6.45) is 1.38. The average Bonchev–Trinajstić information content (AvgIpc) is 2.94. The molecule has 24 heavy (non-hydrogen) atoms. The Labute approximate surface area is 150 Å². The zero-order valence-corrected chi connectivity index (χ0v) is 15.5. The SMILES string of the molecule is Cc1cc2nc(NC(=O)CCCSc3ccccc3)sc2cc1C. The van der Waals surface area contributed by atoms with Gasteiger partial charge < -0.3 is 5.32 Å². The summed E-state index contributed by atoms with van der Waals surface area (Å²) in [7, 11) is 0. The van der Waals surface area contributed by atoms with Gasteiger partial charge in [-0.1, -0.05) is 29.5 Å². The predicted octanol–water partition coefficient (Wildman–Crippen LogP) is 5.42. The molecule has 0 aliphatic heterocycles. The molecule has 0 unspecified atom stereocenters. The Morgan fingerprint density at radius 1 is 1.17 bits per heavy atom. The van der Waals surface area contributed by atoms with Crippen LogP contribution in [0.25, 0.3) is 10.2 Å². The molecule has 5 heteroatoms. The van der Waals surface area contributed by atoms with Gasteiger partial charge in [0.2, 0.25) is 5.91 Å². The van der Waals surface area contributed by atoms with Crippen LogP contribution in [-0.4, -0.2) is 16.6 Å². The Morgan fingerprint density at radius 3 is 2.71 bits per heavy atom. The van der Waals surface area contributed by atoms with Gasteiger partial charge in [0.1, 0.15) is 0 Å². The number of aryl methyl sites for hydroxylation is 2. The summed E-state index contributed by atoms with van der Waals surface area (Å²) >= 11 is 3.32. The smallest absolute Gasteiger partial charge is 0.226 e. The van der Waals surface area contributed by atoms with E-state index in [-0.39, 0.29) is 5.91 Å². The van der Waals surface area contributed by atoms with Crippen LogP contribution < -0.4 is 5.32 Å². The molecule has 0 saturated heterocycles. The maximum absolute atomic E-state index is 12.1. The molecule has 0 fully saturated rings. The van der Waals surface area contributed by atoms with Crippen molar-refractivity contribution >= 4 is 44.4 Å². The maximum Gasteiger partial charge on any atom is 0.226 e. The highest BCUT2D eigenvalue weighted by Gasteiger charge is 2.09. The Bertz CT molecular complexity index is 804. The molecule has 0 aliphatic rings. The largest absolute Gasteiger partial charge is 0.302 e. The molecule has 1 heterocycles. The van der Waals surface area contributed by atoms with E-state index in [1.165, 1.54) is 27.4 Å². The van der Waals surface area contributed by atoms with Gasteiger partial charge in [-0.05, 0) is 61.4 Å². The summed E-state index contributed by atoms with van der Waals surface area (Å²) in [5.41, 5.74) is 3.43. The van der Waals surface area contributed by atoms with Gasteiger partial charge in [0.15, 0.2) is 5.13 Å². The van der Waals surface area contributed by atoms with Gasteiger partial charge in [-0.15, -0.1) is 11.8 Å². The molecule has 3 nitrogen and oxygen atoms in total. The summed E-state index contributed by atoms with van der Waals surface area (Å²) in [5, 5.41) is 3.62. The number of carbonyl (C=O) groups excluding carboxylic acids is 1. The van der Waals surface area contributed by atoms with E-state index in [1.54, 1.807) is 11.8 Å². The fourth-order valence-electron chi connectivity index (χ4n) is 2.35. The average molecular weight is 357 g/mol. The highest BCUT2D eigenvalue weighted by Crippen LogP contribution is 2.28. The summed E-state index contributed by atoms with van der Waals surface area (Å²) < 4.78 is 1.12. The predicted molar refractivity (Wildman–Crippen MR) is 104 cm³/mol. The van der Waals surface area contributed by atoms with E-state index in [0.29, 0.717) is 11.6 Å². The molecule has 1 amide bonds. The number of thiazole rings is 1. The van der Waals surface area contributed by atoms with E-state index >= 15 is 0 Å². The van der Waals surface area contributed by atoms with Crippen molar-refractivity contribution < 1.29 is 4.79 Å². The van der Waals surface area contributed by atoms with E-state index in [1.807, 2.05) is 18.2 Å².